The maximum atomic E-state index is 6.46. The summed E-state index contributed by atoms with van der Waals surface area (Å²) >= 11 is 0. The zero-order valence-corrected chi connectivity index (χ0v) is 18.7. The SMILES string of the molecule is CC(c1ccc2c(c1)OCCO2)N1CCCC(COS(C)(C)C(C)(C)C)C1. The summed E-state index contributed by atoms with van der Waals surface area (Å²) in [7, 11) is -1.05. The normalized spacial score (nSPS) is 23.1. The number of rotatable bonds is 5. The molecule has 0 aromatic heterocycles. The van der Waals surface area contributed by atoms with Crippen LogP contribution in [0.2, 0.25) is 0 Å². The molecule has 2 aliphatic heterocycles. The van der Waals surface area contributed by atoms with Gasteiger partial charge in [-0.25, -0.2) is 0 Å². The van der Waals surface area contributed by atoms with Crippen molar-refractivity contribution >= 4 is 10.3 Å². The van der Waals surface area contributed by atoms with Crippen molar-refractivity contribution < 1.29 is 13.7 Å². The summed E-state index contributed by atoms with van der Waals surface area (Å²) in [5.74, 6) is 2.38. The van der Waals surface area contributed by atoms with Gasteiger partial charge < -0.3 is 13.7 Å². The standard InChI is InChI=1S/C22H37NO3S/c1-17(19-9-10-20-21(14-19)25-13-12-24-20)23-11-7-8-18(15-23)16-26-27(5,6)22(2,3)4/h9-10,14,17-18H,7-8,11-13,15-16H2,1-6H3. The van der Waals surface area contributed by atoms with Gasteiger partial charge in [0, 0.05) is 17.3 Å². The number of nitrogens with zero attached hydrogens (tertiary/aromatic N) is 1. The number of benzene rings is 1. The number of fused-ring (bicyclic) bond motifs is 1. The van der Waals surface area contributed by atoms with Crippen molar-refractivity contribution in [1.29, 1.82) is 0 Å². The van der Waals surface area contributed by atoms with E-state index in [0.29, 0.717) is 25.2 Å². The fourth-order valence-electron chi connectivity index (χ4n) is 3.56. The lowest BCUT2D eigenvalue weighted by Crippen LogP contribution is -2.39. The van der Waals surface area contributed by atoms with E-state index >= 15 is 0 Å². The van der Waals surface area contributed by atoms with Crippen LogP contribution in [0, 0.1) is 5.92 Å². The summed E-state index contributed by atoms with van der Waals surface area (Å²) in [6, 6.07) is 6.78. The van der Waals surface area contributed by atoms with Gasteiger partial charge in [0.25, 0.3) is 0 Å². The highest BCUT2D eigenvalue weighted by atomic mass is 32.3. The topological polar surface area (TPSA) is 30.9 Å². The summed E-state index contributed by atoms with van der Waals surface area (Å²) in [5.41, 5.74) is 1.31. The summed E-state index contributed by atoms with van der Waals surface area (Å²) in [6.07, 6.45) is 7.11. The van der Waals surface area contributed by atoms with Gasteiger partial charge in [0.15, 0.2) is 11.5 Å². The van der Waals surface area contributed by atoms with Crippen LogP contribution in [0.5, 0.6) is 11.5 Å². The van der Waals surface area contributed by atoms with Gasteiger partial charge in [-0.3, -0.25) is 4.90 Å². The molecule has 2 unspecified atom stereocenters. The Hall–Kier alpha value is -0.910. The molecule has 1 saturated heterocycles. The van der Waals surface area contributed by atoms with Crippen molar-refractivity contribution in [3.8, 4) is 11.5 Å². The summed E-state index contributed by atoms with van der Waals surface area (Å²) in [6.45, 7) is 13.6. The summed E-state index contributed by atoms with van der Waals surface area (Å²) in [4.78, 5) is 2.60. The Morgan fingerprint density at radius 1 is 1.19 bits per heavy atom. The molecular formula is C22H37NO3S. The minimum atomic E-state index is -1.05. The van der Waals surface area contributed by atoms with E-state index < -0.39 is 10.3 Å². The van der Waals surface area contributed by atoms with Gasteiger partial charge in [-0.2, -0.15) is 0 Å². The average molecular weight is 396 g/mol. The molecule has 0 N–H and O–H groups in total. The van der Waals surface area contributed by atoms with Gasteiger partial charge in [0.2, 0.25) is 0 Å². The third kappa shape index (κ3) is 4.93. The van der Waals surface area contributed by atoms with Gasteiger partial charge in [-0.15, -0.1) is 10.3 Å². The molecule has 0 bridgehead atoms. The van der Waals surface area contributed by atoms with Crippen LogP contribution in [0.4, 0.5) is 0 Å². The van der Waals surface area contributed by atoms with Crippen molar-refractivity contribution in [3.63, 3.8) is 0 Å². The van der Waals surface area contributed by atoms with E-state index in [2.05, 4.69) is 63.3 Å². The van der Waals surface area contributed by atoms with E-state index in [1.165, 1.54) is 18.4 Å². The largest absolute Gasteiger partial charge is 0.486 e. The predicted octanol–water partition coefficient (Wildman–Crippen LogP) is 5.03. The molecule has 4 nitrogen and oxygen atoms in total. The Labute approximate surface area is 167 Å². The number of ether oxygens (including phenoxy) is 2. The molecule has 5 heteroatoms. The van der Waals surface area contributed by atoms with Gasteiger partial charge in [-0.1, -0.05) is 26.8 Å². The molecule has 2 atom stereocenters. The first-order chi connectivity index (χ1) is 12.7. The number of hydrogen-bond acceptors (Lipinski definition) is 4. The van der Waals surface area contributed by atoms with Crippen LogP contribution in [-0.4, -0.2) is 55.1 Å². The molecule has 27 heavy (non-hydrogen) atoms. The van der Waals surface area contributed by atoms with Gasteiger partial charge in [0.1, 0.15) is 13.2 Å². The maximum absolute atomic E-state index is 6.46. The lowest BCUT2D eigenvalue weighted by molar-refractivity contribution is 0.104. The third-order valence-corrected chi connectivity index (χ3v) is 9.89. The molecule has 0 aliphatic carbocycles. The average Bonchev–Trinajstić information content (AvgIpc) is 2.65. The predicted molar refractivity (Wildman–Crippen MR) is 115 cm³/mol. The van der Waals surface area contributed by atoms with E-state index in [1.54, 1.807) is 0 Å². The molecule has 0 amide bonds. The molecule has 0 saturated carbocycles. The first-order valence-corrected chi connectivity index (χ1v) is 12.6. The van der Waals surface area contributed by atoms with E-state index in [4.69, 9.17) is 13.7 Å². The van der Waals surface area contributed by atoms with Gasteiger partial charge in [0.05, 0.1) is 6.61 Å². The second-order valence-electron chi connectivity index (χ2n) is 9.21. The third-order valence-electron chi connectivity index (χ3n) is 6.22. The fraction of sp³-hybridized carbons (Fsp3) is 0.727. The highest BCUT2D eigenvalue weighted by Gasteiger charge is 2.31. The molecule has 2 heterocycles. The molecule has 1 fully saturated rings. The van der Waals surface area contributed by atoms with E-state index in [0.717, 1.165) is 31.2 Å². The van der Waals surface area contributed by atoms with E-state index in [9.17, 15) is 0 Å². The van der Waals surface area contributed by atoms with Crippen LogP contribution in [0.25, 0.3) is 0 Å². The maximum Gasteiger partial charge on any atom is 0.161 e. The molecule has 1 aromatic rings. The number of hydrogen-bond donors (Lipinski definition) is 0. The van der Waals surface area contributed by atoms with Crippen LogP contribution in [0.15, 0.2) is 18.2 Å². The fourth-order valence-corrected chi connectivity index (χ4v) is 4.45. The molecule has 0 radical (unpaired) electrons. The highest BCUT2D eigenvalue weighted by Crippen LogP contribution is 2.54. The second-order valence-corrected chi connectivity index (χ2v) is 13.1. The van der Waals surface area contributed by atoms with Gasteiger partial charge in [-0.05, 0) is 62.4 Å². The lowest BCUT2D eigenvalue weighted by atomic mass is 9.96. The van der Waals surface area contributed by atoms with Crippen molar-refractivity contribution in [2.45, 2.75) is 51.3 Å². The molecule has 2 aliphatic rings. The van der Waals surface area contributed by atoms with Crippen LogP contribution in [0.1, 0.15) is 52.1 Å². The quantitative estimate of drug-likeness (QED) is 0.700. The first-order valence-electron chi connectivity index (χ1n) is 10.2. The summed E-state index contributed by atoms with van der Waals surface area (Å²) in [5, 5.41) is 0. The van der Waals surface area contributed by atoms with E-state index in [-0.39, 0.29) is 4.75 Å². The summed E-state index contributed by atoms with van der Waals surface area (Å²) < 4.78 is 18.1. The zero-order valence-electron chi connectivity index (χ0n) is 17.9. The Kier molecular flexibility index (Phi) is 6.34. The zero-order chi connectivity index (χ0) is 19.7. The first kappa shape index (κ1) is 20.8. The van der Waals surface area contributed by atoms with Crippen LogP contribution in [0.3, 0.4) is 0 Å². The second kappa shape index (κ2) is 8.22. The highest BCUT2D eigenvalue weighted by molar-refractivity contribution is 8.29. The Morgan fingerprint density at radius 3 is 2.59 bits per heavy atom. The minimum Gasteiger partial charge on any atom is -0.486 e. The van der Waals surface area contributed by atoms with Crippen molar-refractivity contribution in [1.82, 2.24) is 4.90 Å². The van der Waals surface area contributed by atoms with E-state index in [1.807, 2.05) is 0 Å². The Morgan fingerprint density at radius 2 is 1.89 bits per heavy atom. The van der Waals surface area contributed by atoms with Crippen LogP contribution >= 0.6 is 10.3 Å². The molecule has 154 valence electrons. The number of piperidine rings is 1. The van der Waals surface area contributed by atoms with Gasteiger partial charge >= 0.3 is 0 Å². The van der Waals surface area contributed by atoms with Crippen LogP contribution < -0.4 is 9.47 Å². The Balaban J connectivity index is 1.60. The van der Waals surface area contributed by atoms with Crippen molar-refractivity contribution in [2.75, 3.05) is 45.4 Å². The van der Waals surface area contributed by atoms with Crippen molar-refractivity contribution in [3.05, 3.63) is 23.8 Å². The molecular weight excluding hydrogens is 358 g/mol. The molecule has 0 spiro atoms. The molecule has 1 aromatic carbocycles. The number of likely N-dealkylation sites (tertiary alicyclic amines) is 1. The Bertz CT molecular complexity index is 641. The van der Waals surface area contributed by atoms with Crippen LogP contribution in [-0.2, 0) is 4.18 Å². The monoisotopic (exact) mass is 395 g/mol. The smallest absolute Gasteiger partial charge is 0.161 e. The van der Waals surface area contributed by atoms with Crippen molar-refractivity contribution in [2.24, 2.45) is 5.92 Å². The lowest BCUT2D eigenvalue weighted by Gasteiger charge is -2.45. The molecule has 3 rings (SSSR count). The minimum absolute atomic E-state index is 0.222.